The normalized spacial score (nSPS) is 11.5. The van der Waals surface area contributed by atoms with Gasteiger partial charge in [0.2, 0.25) is 11.8 Å². The van der Waals surface area contributed by atoms with Crippen molar-refractivity contribution in [2.24, 2.45) is 0 Å². The van der Waals surface area contributed by atoms with Gasteiger partial charge in [-0.2, -0.15) is 23.3 Å². The Morgan fingerprint density at radius 2 is 2.10 bits per heavy atom. The van der Waals surface area contributed by atoms with Gasteiger partial charge in [-0.25, -0.2) is 4.98 Å². The van der Waals surface area contributed by atoms with Crippen LogP contribution < -0.4 is 10.1 Å². The van der Waals surface area contributed by atoms with Gasteiger partial charge < -0.3 is 10.1 Å². The minimum absolute atomic E-state index is 0.166. The summed E-state index contributed by atoms with van der Waals surface area (Å²) in [6.07, 6.45) is -0.669. The lowest BCUT2D eigenvalue weighted by Gasteiger charge is -2.09. The Labute approximate surface area is 119 Å². The highest BCUT2D eigenvalue weighted by Crippen LogP contribution is 2.31. The summed E-state index contributed by atoms with van der Waals surface area (Å²) >= 11 is 0. The Hall–Kier alpha value is -2.32. The van der Waals surface area contributed by atoms with Crippen molar-refractivity contribution in [3.63, 3.8) is 0 Å². The van der Waals surface area contributed by atoms with Crippen LogP contribution in [0, 0.1) is 0 Å². The summed E-state index contributed by atoms with van der Waals surface area (Å²) in [5.74, 6) is -0.0455. The van der Waals surface area contributed by atoms with Crippen molar-refractivity contribution in [1.82, 2.24) is 19.7 Å². The number of hydrogen-bond donors (Lipinski definition) is 1. The van der Waals surface area contributed by atoms with Crippen LogP contribution in [0.15, 0.2) is 18.5 Å². The first-order valence-electron chi connectivity index (χ1n) is 6.26. The number of ether oxygens (including phenoxy) is 1. The summed E-state index contributed by atoms with van der Waals surface area (Å²) < 4.78 is 45.2. The molecule has 9 heteroatoms. The highest BCUT2D eigenvalue weighted by atomic mass is 19.4. The average molecular weight is 301 g/mol. The molecule has 0 bridgehead atoms. The third-order valence-electron chi connectivity index (χ3n) is 2.50. The van der Waals surface area contributed by atoms with Crippen molar-refractivity contribution in [2.45, 2.75) is 26.1 Å². The molecule has 114 valence electrons. The van der Waals surface area contributed by atoms with Crippen LogP contribution in [0.2, 0.25) is 0 Å². The van der Waals surface area contributed by atoms with Crippen LogP contribution >= 0.6 is 0 Å². The number of anilines is 1. The van der Waals surface area contributed by atoms with Crippen LogP contribution in [-0.4, -0.2) is 26.8 Å². The Kier molecular flexibility index (Phi) is 4.29. The quantitative estimate of drug-likeness (QED) is 0.920. The van der Waals surface area contributed by atoms with E-state index in [4.69, 9.17) is 4.74 Å². The fourth-order valence-corrected chi connectivity index (χ4v) is 1.60. The van der Waals surface area contributed by atoms with Gasteiger partial charge in [-0.3, -0.25) is 4.68 Å². The number of nitrogens with zero attached hydrogens (tertiary/aromatic N) is 4. The first-order chi connectivity index (χ1) is 9.92. The third-order valence-corrected chi connectivity index (χ3v) is 2.50. The van der Waals surface area contributed by atoms with E-state index < -0.39 is 11.9 Å². The number of hydrogen-bond acceptors (Lipinski definition) is 5. The summed E-state index contributed by atoms with van der Waals surface area (Å²) in [5, 5.41) is 6.49. The fourth-order valence-electron chi connectivity index (χ4n) is 1.60. The molecule has 0 radical (unpaired) electrons. The largest absolute Gasteiger partial charge is 0.436 e. The second kappa shape index (κ2) is 5.98. The second-order valence-corrected chi connectivity index (χ2v) is 4.20. The molecule has 1 N–H and O–H groups in total. The van der Waals surface area contributed by atoms with Gasteiger partial charge in [0.25, 0.3) is 0 Å². The maximum absolute atomic E-state index is 12.7. The lowest BCUT2D eigenvalue weighted by molar-refractivity contribution is -0.141. The number of rotatable bonds is 5. The van der Waals surface area contributed by atoms with Crippen molar-refractivity contribution in [2.75, 3.05) is 12.4 Å². The van der Waals surface area contributed by atoms with Gasteiger partial charge in [-0.05, 0) is 6.42 Å². The molecule has 0 amide bonds. The summed E-state index contributed by atoms with van der Waals surface area (Å²) in [5.41, 5.74) is -1.07. The third kappa shape index (κ3) is 3.83. The van der Waals surface area contributed by atoms with E-state index in [1.54, 1.807) is 10.9 Å². The van der Waals surface area contributed by atoms with Crippen LogP contribution in [0.3, 0.4) is 0 Å². The zero-order valence-corrected chi connectivity index (χ0v) is 11.5. The molecular formula is C12H14F3N5O. The molecule has 0 unspecified atom stereocenters. The smallest absolute Gasteiger partial charge is 0.433 e. The molecule has 0 spiro atoms. The molecule has 0 atom stereocenters. The van der Waals surface area contributed by atoms with Gasteiger partial charge in [-0.15, -0.1) is 0 Å². The van der Waals surface area contributed by atoms with Gasteiger partial charge in [0.1, 0.15) is 0 Å². The molecule has 2 heterocycles. The number of halogens is 3. The number of aryl methyl sites for hydroxylation is 1. The molecule has 0 saturated carbocycles. The van der Waals surface area contributed by atoms with E-state index in [9.17, 15) is 13.2 Å². The summed E-state index contributed by atoms with van der Waals surface area (Å²) in [6.45, 7) is 2.68. The summed E-state index contributed by atoms with van der Waals surface area (Å²) in [4.78, 5) is 7.19. The Morgan fingerprint density at radius 3 is 2.71 bits per heavy atom. The van der Waals surface area contributed by atoms with Crippen molar-refractivity contribution >= 4 is 5.95 Å². The lowest BCUT2D eigenvalue weighted by Crippen LogP contribution is -2.11. The van der Waals surface area contributed by atoms with Gasteiger partial charge in [0.05, 0.1) is 12.4 Å². The second-order valence-electron chi connectivity index (χ2n) is 4.20. The molecule has 21 heavy (non-hydrogen) atoms. The van der Waals surface area contributed by atoms with Crippen molar-refractivity contribution in [1.29, 1.82) is 0 Å². The van der Waals surface area contributed by atoms with Gasteiger partial charge in [-0.1, -0.05) is 6.92 Å². The topological polar surface area (TPSA) is 64.9 Å². The summed E-state index contributed by atoms with van der Waals surface area (Å²) in [6, 6.07) is 0.748. The molecular weight excluding hydrogens is 287 g/mol. The van der Waals surface area contributed by atoms with E-state index in [1.807, 2.05) is 6.92 Å². The summed E-state index contributed by atoms with van der Waals surface area (Å²) in [7, 11) is 1.43. The van der Waals surface area contributed by atoms with E-state index in [2.05, 4.69) is 20.4 Å². The predicted octanol–water partition coefficient (Wildman–Crippen LogP) is 2.94. The van der Waals surface area contributed by atoms with Gasteiger partial charge in [0.15, 0.2) is 11.4 Å². The lowest BCUT2D eigenvalue weighted by atomic mass is 10.4. The Balaban J connectivity index is 2.25. The SMILES string of the molecule is CCCn1cc(Oc2cc(C(F)(F)F)nc(NC)n2)cn1. The van der Waals surface area contributed by atoms with Crippen LogP contribution in [0.5, 0.6) is 11.6 Å². The fraction of sp³-hybridized carbons (Fsp3) is 0.417. The van der Waals surface area contributed by atoms with E-state index >= 15 is 0 Å². The molecule has 0 fully saturated rings. The molecule has 0 aliphatic heterocycles. The highest BCUT2D eigenvalue weighted by Gasteiger charge is 2.34. The number of nitrogens with one attached hydrogen (secondary N) is 1. The molecule has 0 aliphatic rings. The van der Waals surface area contributed by atoms with E-state index in [0.717, 1.165) is 12.5 Å². The maximum atomic E-state index is 12.7. The van der Waals surface area contributed by atoms with E-state index in [0.29, 0.717) is 12.3 Å². The monoisotopic (exact) mass is 301 g/mol. The minimum atomic E-state index is -4.57. The van der Waals surface area contributed by atoms with E-state index in [1.165, 1.54) is 13.2 Å². The number of aromatic nitrogens is 4. The predicted molar refractivity (Wildman–Crippen MR) is 69.2 cm³/mol. The van der Waals surface area contributed by atoms with Crippen molar-refractivity contribution in [3.8, 4) is 11.6 Å². The molecule has 6 nitrogen and oxygen atoms in total. The molecule has 2 aromatic rings. The van der Waals surface area contributed by atoms with E-state index in [-0.39, 0.29) is 11.8 Å². The molecule has 0 aromatic carbocycles. The van der Waals surface area contributed by atoms with Gasteiger partial charge in [0, 0.05) is 19.7 Å². The van der Waals surface area contributed by atoms with Crippen molar-refractivity contribution < 1.29 is 17.9 Å². The zero-order chi connectivity index (χ0) is 15.5. The van der Waals surface area contributed by atoms with Crippen LogP contribution in [-0.2, 0) is 12.7 Å². The molecule has 2 aromatic heterocycles. The van der Waals surface area contributed by atoms with Crippen LogP contribution in [0.25, 0.3) is 0 Å². The molecule has 0 aliphatic carbocycles. The van der Waals surface area contributed by atoms with Crippen LogP contribution in [0.1, 0.15) is 19.0 Å². The van der Waals surface area contributed by atoms with Crippen molar-refractivity contribution in [3.05, 3.63) is 24.2 Å². The minimum Gasteiger partial charge on any atom is -0.436 e. The zero-order valence-electron chi connectivity index (χ0n) is 11.5. The Morgan fingerprint density at radius 1 is 1.33 bits per heavy atom. The standard InChI is InChI=1S/C12H14F3N5O/c1-3-4-20-7-8(6-17-20)21-10-5-9(12(13,14)15)18-11(16-2)19-10/h5-7H,3-4H2,1-2H3,(H,16,18,19). The molecule has 0 saturated heterocycles. The first-order valence-corrected chi connectivity index (χ1v) is 6.26. The number of alkyl halides is 3. The van der Waals surface area contributed by atoms with Crippen LogP contribution in [0.4, 0.5) is 19.1 Å². The maximum Gasteiger partial charge on any atom is 0.433 e. The molecule has 2 rings (SSSR count). The Bertz CT molecular complexity index is 611. The van der Waals surface area contributed by atoms with Gasteiger partial charge >= 0.3 is 6.18 Å². The highest BCUT2D eigenvalue weighted by molar-refractivity contribution is 5.33. The first kappa shape index (κ1) is 15.1. The average Bonchev–Trinajstić information content (AvgIpc) is 2.85.